The summed E-state index contributed by atoms with van der Waals surface area (Å²) in [6.45, 7) is 4.32. The quantitative estimate of drug-likeness (QED) is 0.885. The Balaban J connectivity index is 2.13. The zero-order valence-electron chi connectivity index (χ0n) is 11.3. The Morgan fingerprint density at radius 1 is 1.37 bits per heavy atom. The highest BCUT2D eigenvalue weighted by Gasteiger charge is 2.30. The van der Waals surface area contributed by atoms with Gasteiger partial charge in [-0.25, -0.2) is 13.1 Å². The van der Waals surface area contributed by atoms with Gasteiger partial charge in [-0.15, -0.1) is 0 Å². The molecule has 106 valence electrons. The molecule has 1 heterocycles. The van der Waals surface area contributed by atoms with Crippen molar-refractivity contribution in [1.29, 1.82) is 0 Å². The molecule has 2 N–H and O–H groups in total. The van der Waals surface area contributed by atoms with Crippen LogP contribution in [0.3, 0.4) is 0 Å². The molecule has 5 nitrogen and oxygen atoms in total. The van der Waals surface area contributed by atoms with Gasteiger partial charge in [-0.1, -0.05) is 20.3 Å². The summed E-state index contributed by atoms with van der Waals surface area (Å²) in [5, 5.41) is 0. The van der Waals surface area contributed by atoms with Crippen LogP contribution in [-0.4, -0.2) is 19.4 Å². The Morgan fingerprint density at radius 2 is 2.11 bits per heavy atom. The molecule has 1 saturated carbocycles. The predicted octanol–water partition coefficient (Wildman–Crippen LogP) is 1.62. The lowest BCUT2D eigenvalue weighted by atomic mass is 9.75. The molecule has 1 aliphatic carbocycles. The van der Waals surface area contributed by atoms with Gasteiger partial charge in [0.2, 0.25) is 15.6 Å². The van der Waals surface area contributed by atoms with Gasteiger partial charge in [0.1, 0.15) is 0 Å². The van der Waals surface area contributed by atoms with Crippen LogP contribution in [0.25, 0.3) is 0 Å². The highest BCUT2D eigenvalue weighted by molar-refractivity contribution is 7.89. The van der Waals surface area contributed by atoms with E-state index in [-0.39, 0.29) is 21.9 Å². The maximum atomic E-state index is 12.2. The van der Waals surface area contributed by atoms with Crippen molar-refractivity contribution >= 4 is 10.0 Å². The van der Waals surface area contributed by atoms with Crippen molar-refractivity contribution in [2.45, 2.75) is 50.5 Å². The maximum Gasteiger partial charge on any atom is 0.247 e. The lowest BCUT2D eigenvalue weighted by Gasteiger charge is -2.35. The van der Waals surface area contributed by atoms with Gasteiger partial charge >= 0.3 is 0 Å². The minimum atomic E-state index is -3.55. The molecular weight excluding hydrogens is 264 g/mol. The molecular formula is C13H20N2O3S. The standard InChI is InChI=1S/C13H20N2O3S/c1-13(2)7-3-4-10(8-13)15-19(17,18)11-5-6-12(16)14-9-11/h5-6,9-10,15H,3-4,7-8H2,1-2H3,(H,14,16). The van der Waals surface area contributed by atoms with Crippen molar-refractivity contribution in [3.63, 3.8) is 0 Å². The van der Waals surface area contributed by atoms with Crippen LogP contribution >= 0.6 is 0 Å². The monoisotopic (exact) mass is 284 g/mol. The molecule has 1 aromatic rings. The second-order valence-corrected chi connectivity index (χ2v) is 7.68. The molecule has 1 unspecified atom stereocenters. The van der Waals surface area contributed by atoms with Gasteiger partial charge in [0.05, 0.1) is 4.90 Å². The minimum absolute atomic E-state index is 0.0271. The molecule has 1 aliphatic rings. The third-order valence-corrected chi connectivity index (χ3v) is 5.11. The molecule has 0 amide bonds. The molecule has 2 rings (SSSR count). The van der Waals surface area contributed by atoms with Gasteiger partial charge < -0.3 is 4.98 Å². The predicted molar refractivity (Wildman–Crippen MR) is 73.4 cm³/mol. The highest BCUT2D eigenvalue weighted by atomic mass is 32.2. The lowest BCUT2D eigenvalue weighted by molar-refractivity contribution is 0.212. The largest absolute Gasteiger partial charge is 0.328 e. The summed E-state index contributed by atoms with van der Waals surface area (Å²) in [5.41, 5.74) is -0.131. The van der Waals surface area contributed by atoms with E-state index in [1.54, 1.807) is 0 Å². The highest BCUT2D eigenvalue weighted by Crippen LogP contribution is 2.35. The van der Waals surface area contributed by atoms with Crippen LogP contribution in [0, 0.1) is 5.41 Å². The zero-order chi connectivity index (χ0) is 14.1. The Labute approximate surface area is 113 Å². The van der Waals surface area contributed by atoms with Gasteiger partial charge in [-0.3, -0.25) is 4.79 Å². The summed E-state index contributed by atoms with van der Waals surface area (Å²) < 4.78 is 27.1. The number of nitrogens with one attached hydrogen (secondary N) is 2. The van der Waals surface area contributed by atoms with E-state index >= 15 is 0 Å². The summed E-state index contributed by atoms with van der Waals surface area (Å²) in [4.78, 5) is 13.4. The van der Waals surface area contributed by atoms with E-state index in [1.165, 1.54) is 18.3 Å². The first-order chi connectivity index (χ1) is 8.78. The number of aromatic nitrogens is 1. The molecule has 0 aliphatic heterocycles. The van der Waals surface area contributed by atoms with Gasteiger partial charge in [0.25, 0.3) is 0 Å². The van der Waals surface area contributed by atoms with E-state index in [0.29, 0.717) is 0 Å². The number of aromatic amines is 1. The van der Waals surface area contributed by atoms with Crippen LogP contribution in [0.1, 0.15) is 39.5 Å². The number of pyridine rings is 1. The van der Waals surface area contributed by atoms with Crippen molar-refractivity contribution < 1.29 is 8.42 Å². The third kappa shape index (κ3) is 3.67. The molecule has 0 spiro atoms. The van der Waals surface area contributed by atoms with Gasteiger partial charge in [-0.2, -0.15) is 0 Å². The lowest BCUT2D eigenvalue weighted by Crippen LogP contribution is -2.40. The van der Waals surface area contributed by atoms with Crippen molar-refractivity contribution in [3.8, 4) is 0 Å². The van der Waals surface area contributed by atoms with Crippen LogP contribution in [0.2, 0.25) is 0 Å². The minimum Gasteiger partial charge on any atom is -0.328 e. The second kappa shape index (κ2) is 5.09. The van der Waals surface area contributed by atoms with Gasteiger partial charge in [0.15, 0.2) is 0 Å². The summed E-state index contributed by atoms with van der Waals surface area (Å²) in [7, 11) is -3.55. The second-order valence-electron chi connectivity index (χ2n) is 5.97. The van der Waals surface area contributed by atoms with Crippen molar-refractivity contribution in [2.75, 3.05) is 0 Å². The van der Waals surface area contributed by atoms with E-state index < -0.39 is 10.0 Å². The van der Waals surface area contributed by atoms with Crippen LogP contribution in [0.15, 0.2) is 28.0 Å². The summed E-state index contributed by atoms with van der Waals surface area (Å²) in [6, 6.07) is 2.52. The fourth-order valence-electron chi connectivity index (χ4n) is 2.65. The number of hydrogen-bond acceptors (Lipinski definition) is 3. The average molecular weight is 284 g/mol. The average Bonchev–Trinajstić information content (AvgIpc) is 2.27. The molecule has 0 aromatic carbocycles. The van der Waals surface area contributed by atoms with Crippen molar-refractivity contribution in [1.82, 2.24) is 9.71 Å². The smallest absolute Gasteiger partial charge is 0.247 e. The SMILES string of the molecule is CC1(C)CCCC(NS(=O)(=O)c2ccc(=O)[nH]c2)C1. The topological polar surface area (TPSA) is 79.0 Å². The fraction of sp³-hybridized carbons (Fsp3) is 0.615. The van der Waals surface area contributed by atoms with E-state index in [9.17, 15) is 13.2 Å². The molecule has 1 aromatic heterocycles. The molecule has 0 saturated heterocycles. The molecule has 0 bridgehead atoms. The normalized spacial score (nSPS) is 23.2. The summed E-state index contributed by atoms with van der Waals surface area (Å²) in [6.07, 6.45) is 5.11. The fourth-order valence-corrected chi connectivity index (χ4v) is 3.89. The molecule has 19 heavy (non-hydrogen) atoms. The number of H-pyrrole nitrogens is 1. The number of sulfonamides is 1. The van der Waals surface area contributed by atoms with Gasteiger partial charge in [0, 0.05) is 18.3 Å². The van der Waals surface area contributed by atoms with Crippen LogP contribution in [0.5, 0.6) is 0 Å². The first-order valence-corrected chi connectivity index (χ1v) is 7.98. The van der Waals surface area contributed by atoms with E-state index in [1.807, 2.05) is 0 Å². The summed E-state index contributed by atoms with van der Waals surface area (Å²) >= 11 is 0. The molecule has 0 radical (unpaired) electrons. The summed E-state index contributed by atoms with van der Waals surface area (Å²) in [5.74, 6) is 0. The number of rotatable bonds is 3. The van der Waals surface area contributed by atoms with Crippen LogP contribution in [0.4, 0.5) is 0 Å². The Kier molecular flexibility index (Phi) is 3.82. The Hall–Kier alpha value is -1.14. The third-order valence-electron chi connectivity index (χ3n) is 3.59. The zero-order valence-corrected chi connectivity index (χ0v) is 12.1. The van der Waals surface area contributed by atoms with Crippen LogP contribution < -0.4 is 10.3 Å². The van der Waals surface area contributed by atoms with Crippen molar-refractivity contribution in [3.05, 3.63) is 28.7 Å². The van der Waals surface area contributed by atoms with Crippen molar-refractivity contribution in [2.24, 2.45) is 5.41 Å². The van der Waals surface area contributed by atoms with Crippen LogP contribution in [-0.2, 0) is 10.0 Å². The molecule has 1 fully saturated rings. The number of hydrogen-bond donors (Lipinski definition) is 2. The molecule has 1 atom stereocenters. The Morgan fingerprint density at radius 3 is 2.68 bits per heavy atom. The van der Waals surface area contributed by atoms with E-state index in [4.69, 9.17) is 0 Å². The van der Waals surface area contributed by atoms with E-state index in [0.717, 1.165) is 25.7 Å². The van der Waals surface area contributed by atoms with Gasteiger partial charge in [-0.05, 0) is 30.7 Å². The van der Waals surface area contributed by atoms with E-state index in [2.05, 4.69) is 23.6 Å². The maximum absolute atomic E-state index is 12.2. The first-order valence-electron chi connectivity index (χ1n) is 6.50. The molecule has 6 heteroatoms. The first kappa shape index (κ1) is 14.3. The Bertz CT molecular complexity index is 584.